The molecule has 3 rings (SSSR count). The van der Waals surface area contributed by atoms with Gasteiger partial charge in [0.1, 0.15) is 0 Å². The summed E-state index contributed by atoms with van der Waals surface area (Å²) in [4.78, 5) is 0. The van der Waals surface area contributed by atoms with Crippen LogP contribution in [0.4, 0.5) is 0 Å². The van der Waals surface area contributed by atoms with Crippen LogP contribution in [0.1, 0.15) is 23.6 Å². The van der Waals surface area contributed by atoms with Crippen LogP contribution in [0.25, 0.3) is 5.69 Å². The van der Waals surface area contributed by atoms with Gasteiger partial charge in [0.05, 0.1) is 11.4 Å². The third-order valence-corrected chi connectivity index (χ3v) is 3.64. The monoisotopic (exact) mass is 270 g/mol. The first-order valence-electron chi connectivity index (χ1n) is 6.39. The Morgan fingerprint density at radius 2 is 2.05 bits per heavy atom. The third-order valence-electron chi connectivity index (χ3n) is 3.36. The van der Waals surface area contributed by atoms with Gasteiger partial charge in [-0.3, -0.25) is 0 Å². The van der Waals surface area contributed by atoms with Crippen molar-refractivity contribution in [1.29, 1.82) is 0 Å². The van der Waals surface area contributed by atoms with Crippen LogP contribution in [-0.2, 0) is 0 Å². The number of aryl methyl sites for hydroxylation is 1. The molecule has 1 aromatic carbocycles. The molecule has 0 aliphatic heterocycles. The van der Waals surface area contributed by atoms with Gasteiger partial charge in [0, 0.05) is 17.1 Å². The fourth-order valence-electron chi connectivity index (χ4n) is 2.35. The zero-order valence-electron chi connectivity index (χ0n) is 10.8. The van der Waals surface area contributed by atoms with Gasteiger partial charge >= 0.3 is 0 Å². The molecule has 0 N–H and O–H groups in total. The molecule has 0 fully saturated rings. The van der Waals surface area contributed by atoms with E-state index in [0.29, 0.717) is 5.92 Å². The molecule has 2 nitrogen and oxygen atoms in total. The van der Waals surface area contributed by atoms with E-state index in [0.717, 1.165) is 22.8 Å². The smallest absolute Gasteiger partial charge is 0.0729 e. The molecule has 0 radical (unpaired) electrons. The van der Waals surface area contributed by atoms with Crippen LogP contribution in [0.15, 0.2) is 59.8 Å². The van der Waals surface area contributed by atoms with E-state index in [1.807, 2.05) is 35.0 Å². The Morgan fingerprint density at radius 3 is 2.74 bits per heavy atom. The van der Waals surface area contributed by atoms with Crippen LogP contribution >= 0.6 is 11.6 Å². The van der Waals surface area contributed by atoms with Crippen molar-refractivity contribution < 1.29 is 0 Å². The lowest BCUT2D eigenvalue weighted by molar-refractivity contribution is 0.763. The van der Waals surface area contributed by atoms with Gasteiger partial charge in [-0.1, -0.05) is 42.0 Å². The molecular weight excluding hydrogens is 256 g/mol. The molecule has 1 atom stereocenters. The number of aromatic nitrogens is 2. The van der Waals surface area contributed by atoms with Gasteiger partial charge in [-0.2, -0.15) is 5.10 Å². The average Bonchev–Trinajstić information content (AvgIpc) is 2.83. The quantitative estimate of drug-likeness (QED) is 0.793. The van der Waals surface area contributed by atoms with Crippen LogP contribution in [0.3, 0.4) is 0 Å². The van der Waals surface area contributed by atoms with E-state index in [4.69, 9.17) is 16.7 Å². The Bertz CT molecular complexity index is 638. The molecule has 96 valence electrons. The summed E-state index contributed by atoms with van der Waals surface area (Å²) in [5, 5.41) is 5.54. The summed E-state index contributed by atoms with van der Waals surface area (Å²) in [5.74, 6) is 0.326. The highest BCUT2D eigenvalue weighted by molar-refractivity contribution is 6.31. The van der Waals surface area contributed by atoms with Crippen LogP contribution in [0.5, 0.6) is 0 Å². The van der Waals surface area contributed by atoms with Crippen LogP contribution < -0.4 is 0 Å². The second-order valence-corrected chi connectivity index (χ2v) is 5.20. The number of allylic oxidation sites excluding steroid dienone is 4. The lowest BCUT2D eigenvalue weighted by atomic mass is 9.95. The van der Waals surface area contributed by atoms with E-state index in [1.54, 1.807) is 0 Å². The minimum Gasteiger partial charge on any atom is -0.240 e. The standard InChI is InChI=1S/C16H15ClN2/c1-12-11-19(15-5-3-2-4-6-15)18-16(12)13-7-9-14(17)10-8-13/h2-7,9-11,13H,8H2,1H3. The summed E-state index contributed by atoms with van der Waals surface area (Å²) in [6, 6.07) is 10.2. The Kier molecular flexibility index (Phi) is 3.26. The maximum absolute atomic E-state index is 5.96. The zero-order chi connectivity index (χ0) is 13.2. The van der Waals surface area contributed by atoms with E-state index in [2.05, 4.69) is 31.3 Å². The first-order valence-corrected chi connectivity index (χ1v) is 6.77. The maximum atomic E-state index is 5.96. The fraction of sp³-hybridized carbons (Fsp3) is 0.188. The van der Waals surface area contributed by atoms with E-state index >= 15 is 0 Å². The molecule has 0 spiro atoms. The second kappa shape index (κ2) is 5.06. The number of rotatable bonds is 2. The van der Waals surface area contributed by atoms with Gasteiger partial charge < -0.3 is 0 Å². The minimum atomic E-state index is 0.326. The Labute approximate surface area is 118 Å². The van der Waals surface area contributed by atoms with Crippen molar-refractivity contribution >= 4 is 11.6 Å². The molecule has 1 aliphatic rings. The molecule has 19 heavy (non-hydrogen) atoms. The maximum Gasteiger partial charge on any atom is 0.0729 e. The lowest BCUT2D eigenvalue weighted by Gasteiger charge is -2.12. The van der Waals surface area contributed by atoms with Gasteiger partial charge in [-0.25, -0.2) is 4.68 Å². The van der Waals surface area contributed by atoms with Crippen molar-refractivity contribution in [1.82, 2.24) is 9.78 Å². The van der Waals surface area contributed by atoms with E-state index < -0.39 is 0 Å². The highest BCUT2D eigenvalue weighted by Gasteiger charge is 2.17. The summed E-state index contributed by atoms with van der Waals surface area (Å²) < 4.78 is 1.94. The van der Waals surface area contributed by atoms with E-state index in [-0.39, 0.29) is 0 Å². The summed E-state index contributed by atoms with van der Waals surface area (Å²) in [5.41, 5.74) is 3.43. The molecule has 3 heteroatoms. The number of nitrogens with zero attached hydrogens (tertiary/aromatic N) is 2. The molecule has 0 amide bonds. The first-order chi connectivity index (χ1) is 9.24. The number of benzene rings is 1. The van der Waals surface area contributed by atoms with Gasteiger partial charge in [0.25, 0.3) is 0 Å². The summed E-state index contributed by atoms with van der Waals surface area (Å²) in [7, 11) is 0. The highest BCUT2D eigenvalue weighted by atomic mass is 35.5. The van der Waals surface area contributed by atoms with Gasteiger partial charge in [-0.15, -0.1) is 0 Å². The molecule has 1 unspecified atom stereocenters. The first kappa shape index (κ1) is 12.2. The van der Waals surface area contributed by atoms with Crippen molar-refractivity contribution in [2.45, 2.75) is 19.3 Å². The van der Waals surface area contributed by atoms with Crippen LogP contribution in [-0.4, -0.2) is 9.78 Å². The predicted molar refractivity (Wildman–Crippen MR) is 78.7 cm³/mol. The molecule has 0 saturated carbocycles. The molecule has 2 aromatic rings. The van der Waals surface area contributed by atoms with Crippen LogP contribution in [0.2, 0.25) is 0 Å². The number of hydrogen-bond acceptors (Lipinski definition) is 1. The highest BCUT2D eigenvalue weighted by Crippen LogP contribution is 2.29. The molecular formula is C16H15ClN2. The normalized spacial score (nSPS) is 18.4. The van der Waals surface area contributed by atoms with E-state index in [9.17, 15) is 0 Å². The second-order valence-electron chi connectivity index (χ2n) is 4.77. The molecule has 1 aromatic heterocycles. The zero-order valence-corrected chi connectivity index (χ0v) is 11.5. The molecule has 0 saturated heterocycles. The molecule has 1 heterocycles. The largest absolute Gasteiger partial charge is 0.240 e. The predicted octanol–water partition coefficient (Wildman–Crippen LogP) is 4.35. The Hall–Kier alpha value is -1.80. The Morgan fingerprint density at radius 1 is 1.26 bits per heavy atom. The van der Waals surface area contributed by atoms with E-state index in [1.165, 1.54) is 5.56 Å². The summed E-state index contributed by atoms with van der Waals surface area (Å²) in [6.45, 7) is 2.11. The number of halogens is 1. The molecule has 1 aliphatic carbocycles. The van der Waals surface area contributed by atoms with Gasteiger partial charge in [0.2, 0.25) is 0 Å². The topological polar surface area (TPSA) is 17.8 Å². The van der Waals surface area contributed by atoms with Crippen molar-refractivity contribution in [3.05, 3.63) is 71.0 Å². The minimum absolute atomic E-state index is 0.326. The van der Waals surface area contributed by atoms with Crippen molar-refractivity contribution in [3.8, 4) is 5.69 Å². The third kappa shape index (κ3) is 2.49. The van der Waals surface area contributed by atoms with Crippen molar-refractivity contribution in [2.75, 3.05) is 0 Å². The average molecular weight is 271 g/mol. The SMILES string of the molecule is Cc1cn(-c2ccccc2)nc1C1C=CC(Cl)=CC1. The summed E-state index contributed by atoms with van der Waals surface area (Å²) >= 11 is 5.96. The number of para-hydroxylation sites is 1. The van der Waals surface area contributed by atoms with Gasteiger partial charge in [-0.05, 0) is 37.1 Å². The van der Waals surface area contributed by atoms with Crippen molar-refractivity contribution in [2.24, 2.45) is 0 Å². The number of hydrogen-bond donors (Lipinski definition) is 0. The van der Waals surface area contributed by atoms with Crippen LogP contribution in [0, 0.1) is 6.92 Å². The van der Waals surface area contributed by atoms with Crippen molar-refractivity contribution in [3.63, 3.8) is 0 Å². The van der Waals surface area contributed by atoms with Gasteiger partial charge in [0.15, 0.2) is 0 Å². The fourth-order valence-corrected chi connectivity index (χ4v) is 2.51. The summed E-state index contributed by atoms with van der Waals surface area (Å²) in [6.07, 6.45) is 9.14. The Balaban J connectivity index is 1.93. The molecule has 0 bridgehead atoms. The lowest BCUT2D eigenvalue weighted by Crippen LogP contribution is -2.02.